The Hall–Kier alpha value is -2.86. The lowest BCUT2D eigenvalue weighted by molar-refractivity contribution is 0.0690. The van der Waals surface area contributed by atoms with Gasteiger partial charge >= 0.3 is 5.97 Å². The molecule has 0 fully saturated rings. The first-order chi connectivity index (χ1) is 10.8. The van der Waals surface area contributed by atoms with Gasteiger partial charge in [0, 0.05) is 10.9 Å². The lowest BCUT2D eigenvalue weighted by atomic mass is 10.1. The predicted molar refractivity (Wildman–Crippen MR) is 83.2 cm³/mol. The molecule has 1 aromatic carbocycles. The number of imidazole rings is 1. The number of nitrogens with zero attached hydrogens (tertiary/aromatic N) is 2. The molecule has 0 atom stereocenters. The van der Waals surface area contributed by atoms with Crippen LogP contribution in [-0.4, -0.2) is 20.5 Å². The molecule has 0 radical (unpaired) electrons. The van der Waals surface area contributed by atoms with Crippen molar-refractivity contribution in [3.05, 3.63) is 59.8 Å². The zero-order chi connectivity index (χ0) is 15.1. The summed E-state index contributed by atoms with van der Waals surface area (Å²) in [6.07, 6.45) is 1.56. The first kappa shape index (κ1) is 12.8. The molecule has 0 aliphatic rings. The van der Waals surface area contributed by atoms with Crippen molar-refractivity contribution in [1.29, 1.82) is 0 Å². The van der Waals surface area contributed by atoms with Crippen molar-refractivity contribution < 1.29 is 14.3 Å². The molecule has 22 heavy (non-hydrogen) atoms. The van der Waals surface area contributed by atoms with E-state index in [1.54, 1.807) is 22.8 Å². The lowest BCUT2D eigenvalue weighted by Crippen LogP contribution is -2.04. The van der Waals surface area contributed by atoms with Crippen LogP contribution in [0.25, 0.3) is 27.7 Å². The van der Waals surface area contributed by atoms with Crippen molar-refractivity contribution in [1.82, 2.24) is 9.38 Å². The number of aromatic nitrogens is 2. The van der Waals surface area contributed by atoms with Crippen LogP contribution in [0.15, 0.2) is 58.5 Å². The Morgan fingerprint density at radius 2 is 2.00 bits per heavy atom. The number of carbonyl (C=O) groups is 1. The van der Waals surface area contributed by atoms with Crippen LogP contribution in [0.4, 0.5) is 0 Å². The number of rotatable bonds is 3. The third kappa shape index (κ3) is 1.85. The summed E-state index contributed by atoms with van der Waals surface area (Å²) in [5.41, 5.74) is 2.08. The topological polar surface area (TPSA) is 67.7 Å². The largest absolute Gasteiger partial charge is 0.476 e. The van der Waals surface area contributed by atoms with E-state index >= 15 is 0 Å². The van der Waals surface area contributed by atoms with E-state index in [0.717, 1.165) is 5.56 Å². The Morgan fingerprint density at radius 3 is 2.68 bits per heavy atom. The second-order valence-corrected chi connectivity index (χ2v) is 5.53. The smallest absolute Gasteiger partial charge is 0.355 e. The Morgan fingerprint density at radius 1 is 1.18 bits per heavy atom. The van der Waals surface area contributed by atoms with E-state index in [-0.39, 0.29) is 5.69 Å². The van der Waals surface area contributed by atoms with E-state index in [1.807, 2.05) is 35.7 Å². The second kappa shape index (κ2) is 4.85. The van der Waals surface area contributed by atoms with E-state index in [2.05, 4.69) is 4.98 Å². The molecule has 0 unspecified atom stereocenters. The van der Waals surface area contributed by atoms with Crippen LogP contribution in [0.3, 0.4) is 0 Å². The number of aromatic carboxylic acids is 1. The molecule has 108 valence electrons. The van der Waals surface area contributed by atoms with Gasteiger partial charge in [-0.1, -0.05) is 30.3 Å². The number of thiazole rings is 1. The number of carboxylic acids is 1. The quantitative estimate of drug-likeness (QED) is 0.620. The highest BCUT2D eigenvalue weighted by molar-refractivity contribution is 7.15. The third-order valence-electron chi connectivity index (χ3n) is 3.39. The molecule has 0 spiro atoms. The number of fused-ring (bicyclic) bond motifs is 1. The fourth-order valence-electron chi connectivity index (χ4n) is 2.45. The van der Waals surface area contributed by atoms with Gasteiger partial charge < -0.3 is 9.52 Å². The van der Waals surface area contributed by atoms with Gasteiger partial charge in [0.2, 0.25) is 0 Å². The van der Waals surface area contributed by atoms with Crippen LogP contribution in [0.5, 0.6) is 0 Å². The van der Waals surface area contributed by atoms with Gasteiger partial charge in [0.05, 0.1) is 6.26 Å². The van der Waals surface area contributed by atoms with Gasteiger partial charge in [-0.2, -0.15) is 0 Å². The van der Waals surface area contributed by atoms with Crippen LogP contribution in [-0.2, 0) is 0 Å². The van der Waals surface area contributed by atoms with Gasteiger partial charge in [-0.15, -0.1) is 11.3 Å². The molecule has 3 aromatic heterocycles. The van der Waals surface area contributed by atoms with Crippen molar-refractivity contribution >= 4 is 22.3 Å². The number of hydrogen-bond donors (Lipinski definition) is 1. The molecule has 0 saturated carbocycles. The van der Waals surface area contributed by atoms with Gasteiger partial charge in [-0.3, -0.25) is 4.40 Å². The SMILES string of the molecule is O=C(O)c1c(-c2ccccc2)nc2scc(-c3ccco3)n12. The minimum atomic E-state index is -1.02. The molecule has 1 N–H and O–H groups in total. The van der Waals surface area contributed by atoms with E-state index in [0.29, 0.717) is 22.1 Å². The van der Waals surface area contributed by atoms with Gasteiger partial charge in [0.1, 0.15) is 11.4 Å². The number of furan rings is 1. The first-order valence-electron chi connectivity index (χ1n) is 6.58. The molecule has 0 saturated heterocycles. The van der Waals surface area contributed by atoms with Gasteiger partial charge in [-0.25, -0.2) is 9.78 Å². The summed E-state index contributed by atoms with van der Waals surface area (Å²) in [7, 11) is 0. The van der Waals surface area contributed by atoms with Crippen molar-refractivity contribution in [2.75, 3.05) is 0 Å². The Bertz CT molecular complexity index is 952. The molecular formula is C16H10N2O3S. The molecule has 4 rings (SSSR count). The molecule has 6 heteroatoms. The summed E-state index contributed by atoms with van der Waals surface area (Å²) >= 11 is 1.39. The zero-order valence-electron chi connectivity index (χ0n) is 11.3. The highest BCUT2D eigenvalue weighted by atomic mass is 32.1. The summed E-state index contributed by atoms with van der Waals surface area (Å²) in [6, 6.07) is 12.9. The van der Waals surface area contributed by atoms with Crippen LogP contribution in [0.2, 0.25) is 0 Å². The van der Waals surface area contributed by atoms with Crippen LogP contribution >= 0.6 is 11.3 Å². The molecule has 0 aliphatic heterocycles. The van der Waals surface area contributed by atoms with Gasteiger partial charge in [-0.05, 0) is 12.1 Å². The summed E-state index contributed by atoms with van der Waals surface area (Å²) in [4.78, 5) is 16.9. The Labute approximate surface area is 129 Å². The van der Waals surface area contributed by atoms with Crippen LogP contribution in [0.1, 0.15) is 10.5 Å². The molecule has 3 heterocycles. The normalized spacial score (nSPS) is 11.1. The monoisotopic (exact) mass is 310 g/mol. The van der Waals surface area contributed by atoms with Crippen molar-refractivity contribution in [3.63, 3.8) is 0 Å². The number of benzene rings is 1. The average Bonchev–Trinajstić information content (AvgIpc) is 3.23. The van der Waals surface area contributed by atoms with E-state index < -0.39 is 5.97 Å². The molecule has 0 bridgehead atoms. The first-order valence-corrected chi connectivity index (χ1v) is 7.46. The van der Waals surface area contributed by atoms with Gasteiger partial charge in [0.25, 0.3) is 0 Å². The van der Waals surface area contributed by atoms with Crippen molar-refractivity contribution in [3.8, 4) is 22.7 Å². The molecular weight excluding hydrogens is 300 g/mol. The minimum absolute atomic E-state index is 0.147. The second-order valence-electron chi connectivity index (χ2n) is 4.70. The number of hydrogen-bond acceptors (Lipinski definition) is 4. The maximum absolute atomic E-state index is 11.8. The maximum Gasteiger partial charge on any atom is 0.355 e. The molecule has 4 aromatic rings. The Kier molecular flexibility index (Phi) is 2.83. The number of carboxylic acid groups (broad SMARTS) is 1. The van der Waals surface area contributed by atoms with E-state index in [1.165, 1.54) is 11.3 Å². The Balaban J connectivity index is 2.04. The maximum atomic E-state index is 11.8. The molecule has 5 nitrogen and oxygen atoms in total. The van der Waals surface area contributed by atoms with Gasteiger partial charge in [0.15, 0.2) is 16.4 Å². The summed E-state index contributed by atoms with van der Waals surface area (Å²) < 4.78 is 7.03. The summed E-state index contributed by atoms with van der Waals surface area (Å²) in [5.74, 6) is -0.400. The van der Waals surface area contributed by atoms with E-state index in [9.17, 15) is 9.90 Å². The summed E-state index contributed by atoms with van der Waals surface area (Å²) in [5, 5.41) is 11.5. The van der Waals surface area contributed by atoms with Crippen molar-refractivity contribution in [2.45, 2.75) is 0 Å². The average molecular weight is 310 g/mol. The zero-order valence-corrected chi connectivity index (χ0v) is 12.1. The summed E-state index contributed by atoms with van der Waals surface area (Å²) in [6.45, 7) is 0. The fourth-order valence-corrected chi connectivity index (χ4v) is 3.33. The fraction of sp³-hybridized carbons (Fsp3) is 0. The molecule has 0 aliphatic carbocycles. The highest BCUT2D eigenvalue weighted by Gasteiger charge is 2.24. The standard InChI is InChI=1S/C16H10N2O3S/c19-15(20)14-13(10-5-2-1-3-6-10)17-16-18(14)11(9-22-16)12-7-4-8-21-12/h1-9H,(H,19,20). The molecule has 0 amide bonds. The predicted octanol–water partition coefficient (Wildman–Crippen LogP) is 4.02. The van der Waals surface area contributed by atoms with E-state index in [4.69, 9.17) is 4.42 Å². The van der Waals surface area contributed by atoms with Crippen molar-refractivity contribution in [2.24, 2.45) is 0 Å². The van der Waals surface area contributed by atoms with Crippen LogP contribution < -0.4 is 0 Å². The van der Waals surface area contributed by atoms with Crippen LogP contribution in [0, 0.1) is 0 Å². The minimum Gasteiger partial charge on any atom is -0.476 e. The third-order valence-corrected chi connectivity index (χ3v) is 4.21. The lowest BCUT2D eigenvalue weighted by Gasteiger charge is -2.01. The highest BCUT2D eigenvalue weighted by Crippen LogP contribution is 2.33.